The van der Waals surface area contributed by atoms with Gasteiger partial charge in [-0.15, -0.1) is 11.3 Å². The fourth-order valence-corrected chi connectivity index (χ4v) is 2.10. The normalized spacial score (nSPS) is 12.8. The fourth-order valence-electron chi connectivity index (χ4n) is 1.43. The van der Waals surface area contributed by atoms with E-state index >= 15 is 0 Å². The minimum Gasteiger partial charge on any atom is -0.379 e. The van der Waals surface area contributed by atoms with Gasteiger partial charge in [-0.1, -0.05) is 13.0 Å². The summed E-state index contributed by atoms with van der Waals surface area (Å²) in [4.78, 5) is 1.36. The van der Waals surface area contributed by atoms with E-state index in [1.54, 1.807) is 11.3 Å². The number of rotatable bonds is 10. The first-order valence-corrected chi connectivity index (χ1v) is 7.13. The Labute approximate surface area is 108 Å². The maximum atomic E-state index is 5.62. The van der Waals surface area contributed by atoms with Gasteiger partial charge in [0.25, 0.3) is 0 Å². The van der Waals surface area contributed by atoms with Crippen LogP contribution in [0.1, 0.15) is 25.1 Å². The van der Waals surface area contributed by atoms with Gasteiger partial charge in [-0.05, 0) is 24.8 Å². The van der Waals surface area contributed by atoms with Crippen LogP contribution in [0.15, 0.2) is 17.5 Å². The van der Waals surface area contributed by atoms with E-state index in [4.69, 9.17) is 9.47 Å². The summed E-state index contributed by atoms with van der Waals surface area (Å²) in [5.74, 6) is 0. The zero-order chi connectivity index (χ0) is 12.3. The predicted octanol–water partition coefficient (Wildman–Crippen LogP) is 2.67. The van der Waals surface area contributed by atoms with Gasteiger partial charge in [0.05, 0.1) is 19.3 Å². The maximum absolute atomic E-state index is 5.62. The van der Waals surface area contributed by atoms with Crippen molar-refractivity contribution >= 4 is 11.3 Å². The van der Waals surface area contributed by atoms with Gasteiger partial charge in [0.15, 0.2) is 0 Å². The molecule has 17 heavy (non-hydrogen) atoms. The van der Waals surface area contributed by atoms with Gasteiger partial charge in [0, 0.05) is 24.6 Å². The Morgan fingerprint density at radius 1 is 1.35 bits per heavy atom. The van der Waals surface area contributed by atoms with Crippen LogP contribution in [0, 0.1) is 0 Å². The third kappa shape index (κ3) is 7.49. The molecule has 0 aliphatic carbocycles. The van der Waals surface area contributed by atoms with Crippen molar-refractivity contribution in [3.8, 4) is 0 Å². The van der Waals surface area contributed by atoms with Gasteiger partial charge in [0.1, 0.15) is 0 Å². The monoisotopic (exact) mass is 257 g/mol. The molecule has 1 aromatic rings. The smallest absolute Gasteiger partial charge is 0.0704 e. The molecule has 0 fully saturated rings. The highest BCUT2D eigenvalue weighted by Crippen LogP contribution is 2.07. The van der Waals surface area contributed by atoms with Crippen molar-refractivity contribution in [2.24, 2.45) is 0 Å². The molecule has 1 heterocycles. The average molecular weight is 257 g/mol. The second-order valence-electron chi connectivity index (χ2n) is 4.00. The Hall–Kier alpha value is -0.420. The first kappa shape index (κ1) is 14.6. The summed E-state index contributed by atoms with van der Waals surface area (Å²) < 4.78 is 11.0. The van der Waals surface area contributed by atoms with Crippen molar-refractivity contribution in [2.75, 3.05) is 26.4 Å². The molecule has 1 N–H and O–H groups in total. The number of thiophene rings is 1. The van der Waals surface area contributed by atoms with E-state index in [0.717, 1.165) is 26.1 Å². The number of ether oxygens (including phenoxy) is 2. The van der Waals surface area contributed by atoms with E-state index in [1.807, 2.05) is 0 Å². The second-order valence-corrected chi connectivity index (χ2v) is 5.04. The van der Waals surface area contributed by atoms with Crippen LogP contribution in [0.2, 0.25) is 0 Å². The van der Waals surface area contributed by atoms with Gasteiger partial charge in [-0.2, -0.15) is 0 Å². The summed E-state index contributed by atoms with van der Waals surface area (Å²) in [7, 11) is 0. The van der Waals surface area contributed by atoms with E-state index in [1.165, 1.54) is 4.88 Å². The van der Waals surface area contributed by atoms with E-state index in [9.17, 15) is 0 Å². The fraction of sp³-hybridized carbons (Fsp3) is 0.692. The van der Waals surface area contributed by atoms with Crippen LogP contribution >= 0.6 is 11.3 Å². The molecule has 0 aliphatic heterocycles. The number of hydrogen-bond acceptors (Lipinski definition) is 4. The molecule has 0 aromatic carbocycles. The minimum absolute atomic E-state index is 0.236. The summed E-state index contributed by atoms with van der Waals surface area (Å²) in [5.41, 5.74) is 0. The lowest BCUT2D eigenvalue weighted by Gasteiger charge is -2.13. The molecule has 0 aliphatic rings. The highest BCUT2D eigenvalue weighted by atomic mass is 32.1. The van der Waals surface area contributed by atoms with Crippen LogP contribution < -0.4 is 5.32 Å². The van der Waals surface area contributed by atoms with Crippen molar-refractivity contribution in [1.82, 2.24) is 5.32 Å². The van der Waals surface area contributed by atoms with Crippen LogP contribution in [0.4, 0.5) is 0 Å². The first-order valence-electron chi connectivity index (χ1n) is 6.25. The molecule has 1 aromatic heterocycles. The van der Waals surface area contributed by atoms with Crippen molar-refractivity contribution in [3.63, 3.8) is 0 Å². The molecule has 0 saturated carbocycles. The molecule has 1 rings (SSSR count). The average Bonchev–Trinajstić information content (AvgIpc) is 2.82. The Kier molecular flexibility index (Phi) is 8.26. The lowest BCUT2D eigenvalue weighted by atomic mass is 10.4. The van der Waals surface area contributed by atoms with E-state index in [0.29, 0.717) is 13.2 Å². The summed E-state index contributed by atoms with van der Waals surface area (Å²) in [6, 6.07) is 4.22. The van der Waals surface area contributed by atoms with Crippen LogP contribution in [-0.2, 0) is 16.0 Å². The molecule has 1 atom stereocenters. The van der Waals surface area contributed by atoms with Crippen molar-refractivity contribution in [1.29, 1.82) is 0 Å². The Morgan fingerprint density at radius 2 is 2.24 bits per heavy atom. The summed E-state index contributed by atoms with van der Waals surface area (Å²) >= 11 is 1.78. The van der Waals surface area contributed by atoms with Gasteiger partial charge in [-0.25, -0.2) is 0 Å². The second kappa shape index (κ2) is 9.59. The molecule has 0 radical (unpaired) electrons. The molecule has 3 nitrogen and oxygen atoms in total. The third-order valence-electron chi connectivity index (χ3n) is 2.29. The first-order chi connectivity index (χ1) is 8.33. The van der Waals surface area contributed by atoms with Crippen LogP contribution in [0.3, 0.4) is 0 Å². The molecular weight excluding hydrogens is 234 g/mol. The molecule has 0 saturated heterocycles. The van der Waals surface area contributed by atoms with Gasteiger partial charge in [0.2, 0.25) is 0 Å². The lowest BCUT2D eigenvalue weighted by Crippen LogP contribution is -2.27. The van der Waals surface area contributed by atoms with Gasteiger partial charge < -0.3 is 14.8 Å². The molecule has 4 heteroatoms. The predicted molar refractivity (Wildman–Crippen MR) is 72.5 cm³/mol. The topological polar surface area (TPSA) is 30.5 Å². The zero-order valence-electron chi connectivity index (χ0n) is 10.8. The summed E-state index contributed by atoms with van der Waals surface area (Å²) in [6.07, 6.45) is 1.30. The quantitative estimate of drug-likeness (QED) is 0.654. The Bertz CT molecular complexity index is 264. The number of hydrogen-bond donors (Lipinski definition) is 1. The highest BCUT2D eigenvalue weighted by Gasteiger charge is 2.01. The molecule has 98 valence electrons. The minimum atomic E-state index is 0.236. The standard InChI is InChI=1S/C13H23NO2S/c1-3-6-15-7-8-16-12(2)10-14-11-13-5-4-9-17-13/h4-5,9,12,14H,3,6-8,10-11H2,1-2H3. The van der Waals surface area contributed by atoms with Crippen LogP contribution in [-0.4, -0.2) is 32.5 Å². The van der Waals surface area contributed by atoms with Crippen molar-refractivity contribution < 1.29 is 9.47 Å². The van der Waals surface area contributed by atoms with Crippen LogP contribution in [0.25, 0.3) is 0 Å². The number of nitrogens with one attached hydrogen (secondary N) is 1. The molecule has 0 spiro atoms. The molecule has 0 amide bonds. The van der Waals surface area contributed by atoms with Gasteiger partial charge in [-0.3, -0.25) is 0 Å². The third-order valence-corrected chi connectivity index (χ3v) is 3.17. The highest BCUT2D eigenvalue weighted by molar-refractivity contribution is 7.09. The molecule has 0 bridgehead atoms. The van der Waals surface area contributed by atoms with Crippen molar-refractivity contribution in [2.45, 2.75) is 32.9 Å². The zero-order valence-corrected chi connectivity index (χ0v) is 11.6. The Morgan fingerprint density at radius 3 is 2.94 bits per heavy atom. The van der Waals surface area contributed by atoms with Gasteiger partial charge >= 0.3 is 0 Å². The maximum Gasteiger partial charge on any atom is 0.0704 e. The Balaban J connectivity index is 1.92. The SMILES string of the molecule is CCCOCCOC(C)CNCc1cccs1. The molecule has 1 unspecified atom stereocenters. The summed E-state index contributed by atoms with van der Waals surface area (Å²) in [5, 5.41) is 5.48. The van der Waals surface area contributed by atoms with Crippen LogP contribution in [0.5, 0.6) is 0 Å². The van der Waals surface area contributed by atoms with E-state index < -0.39 is 0 Å². The van der Waals surface area contributed by atoms with E-state index in [2.05, 4.69) is 36.7 Å². The van der Waals surface area contributed by atoms with E-state index in [-0.39, 0.29) is 6.10 Å². The largest absolute Gasteiger partial charge is 0.379 e. The lowest BCUT2D eigenvalue weighted by molar-refractivity contribution is 0.0129. The molecular formula is C13H23NO2S. The summed E-state index contributed by atoms with van der Waals surface area (Å²) in [6.45, 7) is 8.21. The van der Waals surface area contributed by atoms with Crippen molar-refractivity contribution in [3.05, 3.63) is 22.4 Å².